The second-order valence-electron chi connectivity index (χ2n) is 4.13. The van der Waals surface area contributed by atoms with E-state index in [0.717, 1.165) is 11.0 Å². The van der Waals surface area contributed by atoms with E-state index in [1.54, 1.807) is 11.3 Å². The van der Waals surface area contributed by atoms with Gasteiger partial charge in [0.25, 0.3) is 0 Å². The molecule has 0 atom stereocenters. The van der Waals surface area contributed by atoms with Crippen LogP contribution in [-0.4, -0.2) is 0 Å². The molecule has 3 heteroatoms. The summed E-state index contributed by atoms with van der Waals surface area (Å²) in [6, 6.07) is 14.8. The molecule has 3 aromatic rings. The molecule has 0 radical (unpaired) electrons. The van der Waals surface area contributed by atoms with Gasteiger partial charge in [-0.3, -0.25) is 0 Å². The molecule has 0 fully saturated rings. The van der Waals surface area contributed by atoms with Crippen LogP contribution in [0.2, 0.25) is 0 Å². The molecule has 0 saturated heterocycles. The maximum atomic E-state index is 3.59. The second kappa shape index (κ2) is 5.12. The topological polar surface area (TPSA) is 12.0 Å². The molecule has 1 nitrogen and oxygen atoms in total. The van der Waals surface area contributed by atoms with Crippen LogP contribution < -0.4 is 5.32 Å². The predicted molar refractivity (Wildman–Crippen MR) is 83.3 cm³/mol. The molecular weight excluding hydrogens is 306 g/mol. The molecule has 0 aliphatic rings. The highest BCUT2D eigenvalue weighted by molar-refractivity contribution is 9.10. The molecule has 0 aliphatic carbocycles. The molecule has 2 aromatic carbocycles. The number of hydrogen-bond acceptors (Lipinski definition) is 2. The quantitative estimate of drug-likeness (QED) is 0.693. The fourth-order valence-electron chi connectivity index (χ4n) is 2.01. The Bertz CT molecular complexity index is 661. The van der Waals surface area contributed by atoms with Crippen molar-refractivity contribution in [3.63, 3.8) is 0 Å². The van der Waals surface area contributed by atoms with Crippen molar-refractivity contribution in [2.24, 2.45) is 0 Å². The van der Waals surface area contributed by atoms with Gasteiger partial charge in [-0.15, -0.1) is 0 Å². The summed E-state index contributed by atoms with van der Waals surface area (Å²) >= 11 is 5.33. The minimum Gasteiger partial charge on any atom is -0.380 e. The van der Waals surface area contributed by atoms with E-state index in [2.05, 4.69) is 74.5 Å². The molecule has 1 aromatic heterocycles. The van der Waals surface area contributed by atoms with E-state index in [1.165, 1.54) is 22.0 Å². The molecule has 0 bridgehead atoms. The SMILES string of the molecule is Brc1ccc(NCc2ccsc2)c2ccccc12. The Morgan fingerprint density at radius 3 is 2.61 bits per heavy atom. The summed E-state index contributed by atoms with van der Waals surface area (Å²) in [5.41, 5.74) is 2.51. The lowest BCUT2D eigenvalue weighted by molar-refractivity contribution is 1.17. The summed E-state index contributed by atoms with van der Waals surface area (Å²) in [6.45, 7) is 0.870. The van der Waals surface area contributed by atoms with E-state index in [4.69, 9.17) is 0 Å². The van der Waals surface area contributed by atoms with E-state index >= 15 is 0 Å². The van der Waals surface area contributed by atoms with Crippen LogP contribution in [0.1, 0.15) is 5.56 Å². The highest BCUT2D eigenvalue weighted by atomic mass is 79.9. The van der Waals surface area contributed by atoms with Gasteiger partial charge < -0.3 is 5.32 Å². The van der Waals surface area contributed by atoms with Crippen molar-refractivity contribution in [3.05, 3.63) is 63.3 Å². The first-order chi connectivity index (χ1) is 8.84. The van der Waals surface area contributed by atoms with Crippen molar-refractivity contribution in [2.75, 3.05) is 5.32 Å². The van der Waals surface area contributed by atoms with Gasteiger partial charge >= 0.3 is 0 Å². The largest absolute Gasteiger partial charge is 0.380 e. The lowest BCUT2D eigenvalue weighted by Crippen LogP contribution is -1.98. The molecule has 3 rings (SSSR count). The lowest BCUT2D eigenvalue weighted by Gasteiger charge is -2.10. The van der Waals surface area contributed by atoms with Crippen molar-refractivity contribution in [2.45, 2.75) is 6.54 Å². The zero-order valence-corrected chi connectivity index (χ0v) is 12.1. The number of hydrogen-bond donors (Lipinski definition) is 1. The first-order valence-electron chi connectivity index (χ1n) is 5.77. The number of halogens is 1. The van der Waals surface area contributed by atoms with Gasteiger partial charge in [-0.2, -0.15) is 11.3 Å². The van der Waals surface area contributed by atoms with Crippen LogP contribution in [0.5, 0.6) is 0 Å². The van der Waals surface area contributed by atoms with Crippen LogP contribution in [0.4, 0.5) is 5.69 Å². The molecule has 0 saturated carbocycles. The van der Waals surface area contributed by atoms with Crippen LogP contribution in [0, 0.1) is 0 Å². The molecule has 90 valence electrons. The third-order valence-electron chi connectivity index (χ3n) is 2.93. The van der Waals surface area contributed by atoms with Crippen LogP contribution >= 0.6 is 27.3 Å². The fraction of sp³-hybridized carbons (Fsp3) is 0.0667. The summed E-state index contributed by atoms with van der Waals surface area (Å²) < 4.78 is 1.14. The maximum absolute atomic E-state index is 3.59. The van der Waals surface area contributed by atoms with E-state index in [1.807, 2.05) is 0 Å². The Morgan fingerprint density at radius 1 is 1.00 bits per heavy atom. The first kappa shape index (κ1) is 11.8. The molecule has 0 spiro atoms. The Balaban J connectivity index is 1.94. The minimum atomic E-state index is 0.870. The summed E-state index contributed by atoms with van der Waals surface area (Å²) in [5.74, 6) is 0. The van der Waals surface area contributed by atoms with Crippen molar-refractivity contribution >= 4 is 43.7 Å². The molecule has 1 heterocycles. The van der Waals surface area contributed by atoms with Crippen molar-refractivity contribution in [3.8, 4) is 0 Å². The Morgan fingerprint density at radius 2 is 1.83 bits per heavy atom. The van der Waals surface area contributed by atoms with Gasteiger partial charge in [-0.1, -0.05) is 40.2 Å². The number of fused-ring (bicyclic) bond motifs is 1. The van der Waals surface area contributed by atoms with Gasteiger partial charge in [0.2, 0.25) is 0 Å². The van der Waals surface area contributed by atoms with Crippen molar-refractivity contribution < 1.29 is 0 Å². The number of thiophene rings is 1. The number of benzene rings is 2. The zero-order valence-electron chi connectivity index (χ0n) is 9.69. The Kier molecular flexibility index (Phi) is 3.35. The molecule has 1 N–H and O–H groups in total. The number of nitrogens with one attached hydrogen (secondary N) is 1. The summed E-state index contributed by atoms with van der Waals surface area (Å²) in [6.07, 6.45) is 0. The van der Waals surface area contributed by atoms with Crippen molar-refractivity contribution in [1.82, 2.24) is 0 Å². The fourth-order valence-corrected chi connectivity index (χ4v) is 3.15. The lowest BCUT2D eigenvalue weighted by atomic mass is 10.1. The Labute approximate surface area is 119 Å². The average Bonchev–Trinajstić information content (AvgIpc) is 2.92. The normalized spacial score (nSPS) is 10.7. The van der Waals surface area contributed by atoms with Gasteiger partial charge in [-0.25, -0.2) is 0 Å². The molecule has 18 heavy (non-hydrogen) atoms. The molecule has 0 amide bonds. The number of anilines is 1. The Hall–Kier alpha value is -1.32. The second-order valence-corrected chi connectivity index (χ2v) is 5.76. The third-order valence-corrected chi connectivity index (χ3v) is 4.36. The monoisotopic (exact) mass is 317 g/mol. The van der Waals surface area contributed by atoms with Gasteiger partial charge in [0.15, 0.2) is 0 Å². The van der Waals surface area contributed by atoms with Gasteiger partial charge in [0, 0.05) is 22.1 Å². The average molecular weight is 318 g/mol. The van der Waals surface area contributed by atoms with Gasteiger partial charge in [0.1, 0.15) is 0 Å². The van der Waals surface area contributed by atoms with Crippen LogP contribution in [0.3, 0.4) is 0 Å². The van der Waals surface area contributed by atoms with Crippen LogP contribution in [0.15, 0.2) is 57.7 Å². The first-order valence-corrected chi connectivity index (χ1v) is 7.50. The summed E-state index contributed by atoms with van der Waals surface area (Å²) in [5, 5.41) is 10.3. The zero-order chi connectivity index (χ0) is 12.4. The predicted octanol–water partition coefficient (Wildman–Crippen LogP) is 5.28. The third kappa shape index (κ3) is 2.28. The van der Waals surface area contributed by atoms with E-state index in [0.29, 0.717) is 0 Å². The summed E-state index contributed by atoms with van der Waals surface area (Å²) in [7, 11) is 0. The molecule has 0 unspecified atom stereocenters. The van der Waals surface area contributed by atoms with E-state index in [9.17, 15) is 0 Å². The standard InChI is InChI=1S/C15H12BrNS/c16-14-5-6-15(13-4-2-1-3-12(13)14)17-9-11-7-8-18-10-11/h1-8,10,17H,9H2. The highest BCUT2D eigenvalue weighted by Gasteiger charge is 2.03. The molecular formula is C15H12BrNS. The van der Waals surface area contributed by atoms with E-state index in [-0.39, 0.29) is 0 Å². The maximum Gasteiger partial charge on any atom is 0.0423 e. The van der Waals surface area contributed by atoms with E-state index < -0.39 is 0 Å². The smallest absolute Gasteiger partial charge is 0.0423 e. The van der Waals surface area contributed by atoms with Crippen molar-refractivity contribution in [1.29, 1.82) is 0 Å². The van der Waals surface area contributed by atoms with Gasteiger partial charge in [0.05, 0.1) is 0 Å². The van der Waals surface area contributed by atoms with Gasteiger partial charge in [-0.05, 0) is 39.9 Å². The van der Waals surface area contributed by atoms with Crippen LogP contribution in [-0.2, 0) is 6.54 Å². The number of rotatable bonds is 3. The van der Waals surface area contributed by atoms with Crippen LogP contribution in [0.25, 0.3) is 10.8 Å². The minimum absolute atomic E-state index is 0.870. The highest BCUT2D eigenvalue weighted by Crippen LogP contribution is 2.30. The molecule has 0 aliphatic heterocycles. The summed E-state index contributed by atoms with van der Waals surface area (Å²) in [4.78, 5) is 0.